The topological polar surface area (TPSA) is 3.24 Å². The van der Waals surface area contributed by atoms with Gasteiger partial charge in [0.15, 0.2) is 0 Å². The minimum absolute atomic E-state index is 0.163. The quantitative estimate of drug-likeness (QED) is 0.289. The monoisotopic (exact) mass is 443 g/mol. The van der Waals surface area contributed by atoms with Crippen molar-refractivity contribution in [2.75, 3.05) is 4.90 Å². The van der Waals surface area contributed by atoms with Crippen LogP contribution in [0.2, 0.25) is 0 Å². The molecule has 0 aliphatic heterocycles. The van der Waals surface area contributed by atoms with Gasteiger partial charge in [-0.25, -0.2) is 0 Å². The van der Waals surface area contributed by atoms with Crippen molar-refractivity contribution in [3.8, 4) is 0 Å². The number of anilines is 2. The van der Waals surface area contributed by atoms with Crippen LogP contribution in [-0.2, 0) is 0 Å². The number of hydrogen-bond acceptors (Lipinski definition) is 1. The van der Waals surface area contributed by atoms with Gasteiger partial charge >= 0.3 is 0 Å². The Balaban J connectivity index is 1.91. The molecule has 0 radical (unpaired) electrons. The van der Waals surface area contributed by atoms with Gasteiger partial charge in [0, 0.05) is 11.4 Å². The summed E-state index contributed by atoms with van der Waals surface area (Å²) in [6.45, 7) is 13.5. The van der Waals surface area contributed by atoms with Crippen LogP contribution in [0.4, 0.5) is 11.4 Å². The van der Waals surface area contributed by atoms with Gasteiger partial charge < -0.3 is 4.90 Å². The van der Waals surface area contributed by atoms with E-state index < -0.39 is 0 Å². The molecular formula is C32H34BN. The fourth-order valence-electron chi connectivity index (χ4n) is 5.37. The van der Waals surface area contributed by atoms with E-state index >= 15 is 0 Å². The number of rotatable bonds is 6. The van der Waals surface area contributed by atoms with Gasteiger partial charge in [0.1, 0.15) is 0 Å². The first-order chi connectivity index (χ1) is 16.3. The van der Waals surface area contributed by atoms with Gasteiger partial charge in [-0.2, -0.15) is 0 Å². The number of aryl methyl sites for hydroxylation is 6. The summed E-state index contributed by atoms with van der Waals surface area (Å²) in [4.78, 5) is 2.28. The van der Waals surface area contributed by atoms with Crippen molar-refractivity contribution >= 4 is 29.0 Å². The first-order valence-corrected chi connectivity index (χ1v) is 12.1. The Morgan fingerprint density at radius 1 is 0.529 bits per heavy atom. The number of para-hydroxylation sites is 2. The molecule has 4 aromatic carbocycles. The highest BCUT2D eigenvalue weighted by Gasteiger charge is 2.24. The van der Waals surface area contributed by atoms with E-state index in [1.54, 1.807) is 0 Å². The lowest BCUT2D eigenvalue weighted by molar-refractivity contribution is 1.28. The lowest BCUT2D eigenvalue weighted by Crippen LogP contribution is -2.46. The zero-order chi connectivity index (χ0) is 24.2. The molecule has 0 aliphatic carbocycles. The van der Waals surface area contributed by atoms with Crippen LogP contribution in [0, 0.1) is 41.5 Å². The Labute approximate surface area is 205 Å². The second-order valence-electron chi connectivity index (χ2n) is 9.49. The maximum Gasteiger partial charge on any atom is 0.236 e. The minimum Gasteiger partial charge on any atom is -0.318 e. The molecule has 0 unspecified atom stereocenters. The average Bonchev–Trinajstić information content (AvgIpc) is 2.79. The van der Waals surface area contributed by atoms with Gasteiger partial charge in [-0.15, -0.1) is 0 Å². The molecule has 0 N–H and O–H groups in total. The maximum absolute atomic E-state index is 2.38. The van der Waals surface area contributed by atoms with E-state index in [2.05, 4.69) is 144 Å². The van der Waals surface area contributed by atoms with Crippen LogP contribution in [0.25, 0.3) is 0 Å². The van der Waals surface area contributed by atoms with E-state index in [1.165, 1.54) is 44.3 Å². The Morgan fingerprint density at radius 3 is 1.24 bits per heavy atom. The summed E-state index contributed by atoms with van der Waals surface area (Å²) in [5, 5.41) is 0. The van der Waals surface area contributed by atoms with E-state index in [0.29, 0.717) is 0 Å². The van der Waals surface area contributed by atoms with Gasteiger partial charge in [0.25, 0.3) is 0 Å². The van der Waals surface area contributed by atoms with Crippen LogP contribution in [0.3, 0.4) is 0 Å². The van der Waals surface area contributed by atoms with Crippen molar-refractivity contribution in [3.63, 3.8) is 0 Å². The fraction of sp³-hybridized carbons (Fsp3) is 0.188. The molecule has 0 bridgehead atoms. The Hall–Kier alpha value is -3.52. The Bertz CT molecular complexity index is 1160. The molecular weight excluding hydrogens is 409 g/mol. The summed E-state index contributed by atoms with van der Waals surface area (Å²) >= 11 is 0. The van der Waals surface area contributed by atoms with Crippen LogP contribution >= 0.6 is 0 Å². The zero-order valence-electron chi connectivity index (χ0n) is 21.3. The summed E-state index contributed by atoms with van der Waals surface area (Å²) < 4.78 is 0. The van der Waals surface area contributed by atoms with Crippen molar-refractivity contribution in [1.29, 1.82) is 0 Å². The molecule has 170 valence electrons. The average molecular weight is 443 g/mol. The molecule has 1 nitrogen and oxygen atoms in total. The van der Waals surface area contributed by atoms with Crippen LogP contribution in [0.15, 0.2) is 97.1 Å². The molecule has 0 aliphatic rings. The van der Waals surface area contributed by atoms with E-state index in [0.717, 1.165) is 11.4 Å². The number of nitrogens with zero attached hydrogens (tertiary/aromatic N) is 1. The van der Waals surface area contributed by atoms with Crippen molar-refractivity contribution in [1.82, 2.24) is 0 Å². The first-order valence-electron chi connectivity index (χ1n) is 12.1. The molecule has 0 aromatic heterocycles. The van der Waals surface area contributed by atoms with Crippen molar-refractivity contribution in [2.45, 2.75) is 41.5 Å². The largest absolute Gasteiger partial charge is 0.318 e. The third-order valence-electron chi connectivity index (χ3n) is 6.59. The highest BCUT2D eigenvalue weighted by molar-refractivity contribution is 6.90. The molecule has 4 aromatic rings. The molecule has 0 saturated carbocycles. The van der Waals surface area contributed by atoms with Crippen molar-refractivity contribution in [3.05, 3.63) is 130 Å². The second kappa shape index (κ2) is 10.2. The number of hydrogen-bond donors (Lipinski definition) is 0. The van der Waals surface area contributed by atoms with Crippen LogP contribution < -0.4 is 15.8 Å². The zero-order valence-corrected chi connectivity index (χ0v) is 21.3. The predicted molar refractivity (Wildman–Crippen MR) is 150 cm³/mol. The Kier molecular flexibility index (Phi) is 7.07. The molecule has 0 saturated heterocycles. The normalized spacial score (nSPS) is 11.1. The molecule has 0 amide bonds. The second-order valence-corrected chi connectivity index (χ2v) is 9.49. The fourth-order valence-corrected chi connectivity index (χ4v) is 5.37. The number of benzene rings is 4. The highest BCUT2D eigenvalue weighted by Crippen LogP contribution is 2.25. The predicted octanol–water partition coefficient (Wildman–Crippen LogP) is 7.04. The maximum atomic E-state index is 2.38. The standard InChI is InChI=1S/C32H34BN/c1-23-19-25(3)31(26(4)20-23)33(32-27(5)21-24(2)22-28(32)6)17-18-34(29-13-9-7-10-14-29)30-15-11-8-12-16-30/h7-22H,1-6H3/b18-17+. The summed E-state index contributed by atoms with van der Waals surface area (Å²) in [6, 6.07) is 30.4. The van der Waals surface area contributed by atoms with Gasteiger partial charge in [0.05, 0.1) is 0 Å². The lowest BCUT2D eigenvalue weighted by Gasteiger charge is -2.24. The lowest BCUT2D eigenvalue weighted by atomic mass is 9.37. The third-order valence-corrected chi connectivity index (χ3v) is 6.59. The Morgan fingerprint density at radius 2 is 0.882 bits per heavy atom. The van der Waals surface area contributed by atoms with Gasteiger partial charge in [-0.1, -0.05) is 111 Å². The smallest absolute Gasteiger partial charge is 0.236 e. The van der Waals surface area contributed by atoms with E-state index in [4.69, 9.17) is 0 Å². The summed E-state index contributed by atoms with van der Waals surface area (Å²) in [5.74, 6) is 2.38. The van der Waals surface area contributed by atoms with Crippen molar-refractivity contribution in [2.24, 2.45) is 0 Å². The molecule has 0 spiro atoms. The van der Waals surface area contributed by atoms with Crippen LogP contribution in [0.1, 0.15) is 33.4 Å². The molecule has 0 atom stereocenters. The molecule has 0 heterocycles. The van der Waals surface area contributed by atoms with E-state index in [1.807, 2.05) is 0 Å². The molecule has 2 heteroatoms. The SMILES string of the molecule is Cc1cc(C)c(B(/C=C/N(c2ccccc2)c2ccccc2)c2c(C)cc(C)cc2C)c(C)c1. The van der Waals surface area contributed by atoms with Gasteiger partial charge in [0.2, 0.25) is 6.71 Å². The van der Waals surface area contributed by atoms with Crippen LogP contribution in [0.5, 0.6) is 0 Å². The summed E-state index contributed by atoms with van der Waals surface area (Å²) in [5.41, 5.74) is 13.1. The van der Waals surface area contributed by atoms with Crippen LogP contribution in [-0.4, -0.2) is 6.71 Å². The van der Waals surface area contributed by atoms with Crippen molar-refractivity contribution < 1.29 is 0 Å². The first kappa shape index (κ1) is 23.6. The highest BCUT2D eigenvalue weighted by atomic mass is 15.1. The van der Waals surface area contributed by atoms with Gasteiger partial charge in [-0.05, 0) is 72.0 Å². The van der Waals surface area contributed by atoms with Gasteiger partial charge in [-0.3, -0.25) is 0 Å². The summed E-state index contributed by atoms with van der Waals surface area (Å²) in [6.07, 6.45) is 2.26. The third kappa shape index (κ3) is 5.02. The molecule has 0 fully saturated rings. The molecule has 4 rings (SSSR count). The molecule has 34 heavy (non-hydrogen) atoms. The minimum atomic E-state index is 0.163. The van der Waals surface area contributed by atoms with E-state index in [-0.39, 0.29) is 6.71 Å². The van der Waals surface area contributed by atoms with E-state index in [9.17, 15) is 0 Å². The summed E-state index contributed by atoms with van der Waals surface area (Å²) in [7, 11) is 0.